The van der Waals surface area contributed by atoms with Gasteiger partial charge in [-0.25, -0.2) is 0 Å². The molecule has 5 heteroatoms. The average Bonchev–Trinajstić information content (AvgIpc) is 3.24. The molecule has 1 unspecified atom stereocenters. The molecule has 1 N–H and O–H groups in total. The van der Waals surface area contributed by atoms with Crippen molar-refractivity contribution >= 4 is 11.5 Å². The van der Waals surface area contributed by atoms with Gasteiger partial charge >= 0.3 is 5.97 Å². The topological polar surface area (TPSA) is 58.6 Å². The van der Waals surface area contributed by atoms with E-state index in [1.54, 1.807) is 6.26 Å². The molecule has 0 amide bonds. The van der Waals surface area contributed by atoms with Crippen molar-refractivity contribution in [3.8, 4) is 0 Å². The summed E-state index contributed by atoms with van der Waals surface area (Å²) in [7, 11) is 2.02. The van der Waals surface area contributed by atoms with Crippen molar-refractivity contribution < 1.29 is 14.3 Å². The smallest absolute Gasteiger partial charge is 0.307 e. The first-order valence-corrected chi connectivity index (χ1v) is 8.46. The number of carboxylic acid groups (broad SMARTS) is 1. The van der Waals surface area contributed by atoms with Gasteiger partial charge in [0.25, 0.3) is 0 Å². The number of aryl methyl sites for hydroxylation is 1. The van der Waals surface area contributed by atoms with Crippen LogP contribution in [-0.2, 0) is 11.8 Å². The minimum atomic E-state index is -0.671. The summed E-state index contributed by atoms with van der Waals surface area (Å²) in [5.41, 5.74) is 2.20. The Hall–Kier alpha value is -2.27. The highest BCUT2D eigenvalue weighted by molar-refractivity contribution is 5.75. The maximum Gasteiger partial charge on any atom is 0.307 e. The number of furan rings is 1. The van der Waals surface area contributed by atoms with Gasteiger partial charge in [0, 0.05) is 31.9 Å². The highest BCUT2D eigenvalue weighted by Crippen LogP contribution is 2.25. The minimum Gasteiger partial charge on any atom is -0.481 e. The SMILES string of the molecule is Cn1cccc1C(=CCCN1CCCC(C(=O)O)C1)c1ccco1. The zero-order valence-corrected chi connectivity index (χ0v) is 14.0. The van der Waals surface area contributed by atoms with E-state index in [2.05, 4.69) is 21.6 Å². The number of aromatic nitrogens is 1. The highest BCUT2D eigenvalue weighted by Gasteiger charge is 2.24. The van der Waals surface area contributed by atoms with Crippen LogP contribution in [0.4, 0.5) is 0 Å². The number of hydrogen-bond donors (Lipinski definition) is 1. The Labute approximate surface area is 142 Å². The van der Waals surface area contributed by atoms with Crippen LogP contribution in [0.1, 0.15) is 30.7 Å². The van der Waals surface area contributed by atoms with Gasteiger partial charge in [0.15, 0.2) is 0 Å². The molecule has 0 aromatic carbocycles. The lowest BCUT2D eigenvalue weighted by Crippen LogP contribution is -2.39. The van der Waals surface area contributed by atoms with E-state index in [0.717, 1.165) is 49.4 Å². The van der Waals surface area contributed by atoms with Crippen molar-refractivity contribution in [2.45, 2.75) is 19.3 Å². The maximum absolute atomic E-state index is 11.2. The standard InChI is InChI=1S/C19H24N2O3/c1-20-10-4-8-17(20)16(18-9-5-13-24-18)7-3-12-21-11-2-6-15(14-21)19(22)23/h4-5,7-10,13,15H,2-3,6,11-12,14H2,1H3,(H,22,23). The zero-order valence-electron chi connectivity index (χ0n) is 14.0. The molecule has 128 valence electrons. The minimum absolute atomic E-state index is 0.222. The van der Waals surface area contributed by atoms with Gasteiger partial charge in [0.2, 0.25) is 0 Å². The Balaban J connectivity index is 1.68. The molecule has 5 nitrogen and oxygen atoms in total. The molecule has 24 heavy (non-hydrogen) atoms. The predicted molar refractivity (Wildman–Crippen MR) is 92.6 cm³/mol. The Morgan fingerprint density at radius 2 is 2.29 bits per heavy atom. The third-order valence-corrected chi connectivity index (χ3v) is 4.65. The van der Waals surface area contributed by atoms with Gasteiger partial charge in [0.1, 0.15) is 5.76 Å². The normalized spacial score (nSPS) is 19.5. The summed E-state index contributed by atoms with van der Waals surface area (Å²) in [5.74, 6) is -0.0330. The van der Waals surface area contributed by atoms with Gasteiger partial charge in [0.05, 0.1) is 17.9 Å². The molecule has 3 rings (SSSR count). The lowest BCUT2D eigenvalue weighted by molar-refractivity contribution is -0.143. The number of carboxylic acids is 1. The number of piperidine rings is 1. The Morgan fingerprint density at radius 1 is 1.42 bits per heavy atom. The van der Waals surface area contributed by atoms with Crippen LogP contribution in [0.3, 0.4) is 0 Å². The third kappa shape index (κ3) is 3.79. The van der Waals surface area contributed by atoms with Gasteiger partial charge in [-0.2, -0.15) is 0 Å². The summed E-state index contributed by atoms with van der Waals surface area (Å²) < 4.78 is 7.67. The number of rotatable bonds is 6. The van der Waals surface area contributed by atoms with Crippen molar-refractivity contribution in [3.63, 3.8) is 0 Å². The lowest BCUT2D eigenvalue weighted by atomic mass is 9.98. The van der Waals surface area contributed by atoms with Gasteiger partial charge in [-0.3, -0.25) is 4.79 Å². The molecule has 1 fully saturated rings. The molecule has 2 aromatic rings. The Morgan fingerprint density at radius 3 is 2.96 bits per heavy atom. The van der Waals surface area contributed by atoms with Crippen LogP contribution >= 0.6 is 0 Å². The summed E-state index contributed by atoms with van der Waals surface area (Å²) >= 11 is 0. The van der Waals surface area contributed by atoms with E-state index in [1.165, 1.54) is 0 Å². The molecule has 0 bridgehead atoms. The second kappa shape index (κ2) is 7.53. The first-order chi connectivity index (χ1) is 11.6. The lowest BCUT2D eigenvalue weighted by Gasteiger charge is -2.30. The van der Waals surface area contributed by atoms with E-state index in [9.17, 15) is 9.90 Å². The van der Waals surface area contributed by atoms with Gasteiger partial charge < -0.3 is 19.0 Å². The van der Waals surface area contributed by atoms with Crippen LogP contribution < -0.4 is 0 Å². The van der Waals surface area contributed by atoms with Gasteiger partial charge in [-0.05, 0) is 50.1 Å². The average molecular weight is 328 g/mol. The quantitative estimate of drug-likeness (QED) is 0.884. The fourth-order valence-electron chi connectivity index (χ4n) is 3.36. The second-order valence-electron chi connectivity index (χ2n) is 6.37. The third-order valence-electron chi connectivity index (χ3n) is 4.65. The largest absolute Gasteiger partial charge is 0.481 e. The van der Waals surface area contributed by atoms with Crippen molar-refractivity contribution in [2.24, 2.45) is 13.0 Å². The van der Waals surface area contributed by atoms with Gasteiger partial charge in [-0.15, -0.1) is 0 Å². The molecule has 0 saturated carbocycles. The number of aliphatic carboxylic acids is 1. The summed E-state index contributed by atoms with van der Waals surface area (Å²) in [6.45, 7) is 2.51. The molecular weight excluding hydrogens is 304 g/mol. The summed E-state index contributed by atoms with van der Waals surface area (Å²) in [6.07, 6.45) is 8.53. The first kappa shape index (κ1) is 16.6. The van der Waals surface area contributed by atoms with E-state index in [1.807, 2.05) is 31.4 Å². The molecule has 1 aliphatic rings. The van der Waals surface area contributed by atoms with E-state index in [0.29, 0.717) is 6.54 Å². The molecule has 3 heterocycles. The fourth-order valence-corrected chi connectivity index (χ4v) is 3.36. The number of carbonyl (C=O) groups is 1. The van der Waals surface area contributed by atoms with Crippen LogP contribution in [0.15, 0.2) is 47.2 Å². The summed E-state index contributed by atoms with van der Waals surface area (Å²) in [5, 5.41) is 9.20. The molecule has 1 atom stereocenters. The predicted octanol–water partition coefficient (Wildman–Crippen LogP) is 3.24. The number of nitrogens with zero attached hydrogens (tertiary/aromatic N) is 2. The monoisotopic (exact) mass is 328 g/mol. The van der Waals surface area contributed by atoms with E-state index in [-0.39, 0.29) is 5.92 Å². The highest BCUT2D eigenvalue weighted by atomic mass is 16.4. The summed E-state index contributed by atoms with van der Waals surface area (Å²) in [6, 6.07) is 7.97. The van der Waals surface area contributed by atoms with Crippen molar-refractivity contribution in [3.05, 3.63) is 54.3 Å². The molecule has 0 spiro atoms. The number of likely N-dealkylation sites (tertiary alicyclic amines) is 1. The van der Waals surface area contributed by atoms with Crippen LogP contribution in [0.2, 0.25) is 0 Å². The molecule has 2 aromatic heterocycles. The first-order valence-electron chi connectivity index (χ1n) is 8.46. The molecule has 1 aliphatic heterocycles. The molecule has 0 radical (unpaired) electrons. The van der Waals surface area contributed by atoms with Crippen molar-refractivity contribution in [1.29, 1.82) is 0 Å². The summed E-state index contributed by atoms with van der Waals surface area (Å²) in [4.78, 5) is 13.4. The Bertz CT molecular complexity index is 700. The number of hydrogen-bond acceptors (Lipinski definition) is 3. The molecule has 0 aliphatic carbocycles. The molecule has 1 saturated heterocycles. The van der Waals surface area contributed by atoms with Crippen LogP contribution in [0, 0.1) is 5.92 Å². The van der Waals surface area contributed by atoms with E-state index >= 15 is 0 Å². The second-order valence-corrected chi connectivity index (χ2v) is 6.37. The fraction of sp³-hybridized carbons (Fsp3) is 0.421. The van der Waals surface area contributed by atoms with Crippen molar-refractivity contribution in [1.82, 2.24) is 9.47 Å². The zero-order chi connectivity index (χ0) is 16.9. The maximum atomic E-state index is 11.2. The van der Waals surface area contributed by atoms with Gasteiger partial charge in [-0.1, -0.05) is 6.08 Å². The van der Waals surface area contributed by atoms with Crippen molar-refractivity contribution in [2.75, 3.05) is 19.6 Å². The van der Waals surface area contributed by atoms with E-state index in [4.69, 9.17) is 4.42 Å². The van der Waals surface area contributed by atoms with Crippen LogP contribution in [-0.4, -0.2) is 40.2 Å². The Kier molecular flexibility index (Phi) is 5.20. The molecular formula is C19H24N2O3. The van der Waals surface area contributed by atoms with E-state index < -0.39 is 5.97 Å². The van der Waals surface area contributed by atoms with Crippen LogP contribution in [0.5, 0.6) is 0 Å². The van der Waals surface area contributed by atoms with Crippen LogP contribution in [0.25, 0.3) is 5.57 Å².